The summed E-state index contributed by atoms with van der Waals surface area (Å²) in [6, 6.07) is 4.59. The summed E-state index contributed by atoms with van der Waals surface area (Å²) in [5, 5.41) is 15.9. The van der Waals surface area contributed by atoms with Crippen LogP contribution in [-0.4, -0.2) is 93.3 Å². The van der Waals surface area contributed by atoms with E-state index in [1.165, 1.54) is 43.4 Å². The van der Waals surface area contributed by atoms with Gasteiger partial charge in [-0.05, 0) is 31.4 Å². The number of amidine groups is 1. The first-order valence-electron chi connectivity index (χ1n) is 11.0. The van der Waals surface area contributed by atoms with Crippen molar-refractivity contribution < 1.29 is 42.0 Å². The van der Waals surface area contributed by atoms with Crippen molar-refractivity contribution in [2.75, 3.05) is 52.6 Å². The molecule has 0 saturated carbocycles. The van der Waals surface area contributed by atoms with E-state index in [1.54, 1.807) is 19.1 Å². The molecule has 1 atom stereocenters. The van der Waals surface area contributed by atoms with Gasteiger partial charge in [-0.25, -0.2) is 4.98 Å². The topological polar surface area (TPSA) is 106 Å². The summed E-state index contributed by atoms with van der Waals surface area (Å²) in [7, 11) is 4.49. The lowest BCUT2D eigenvalue weighted by Crippen LogP contribution is -2.34. The zero-order valence-electron chi connectivity index (χ0n) is 20.8. The van der Waals surface area contributed by atoms with Crippen LogP contribution in [0.5, 0.6) is 11.6 Å². The summed E-state index contributed by atoms with van der Waals surface area (Å²) in [5.41, 5.74) is 0.335. The first-order valence-corrected chi connectivity index (χ1v) is 11.0. The van der Waals surface area contributed by atoms with Gasteiger partial charge >= 0.3 is 6.18 Å². The molecule has 1 unspecified atom stereocenters. The molecule has 0 aliphatic carbocycles. The molecule has 10 nitrogen and oxygen atoms in total. The number of halogens is 3. The maximum atomic E-state index is 13.4. The highest BCUT2D eigenvalue weighted by atomic mass is 19.4. The lowest BCUT2D eigenvalue weighted by Gasteiger charge is -2.24. The van der Waals surface area contributed by atoms with Crippen molar-refractivity contribution in [2.24, 2.45) is 5.10 Å². The number of hydrazone groups is 1. The van der Waals surface area contributed by atoms with Crippen LogP contribution >= 0.6 is 0 Å². The molecule has 2 aromatic rings. The number of anilines is 1. The first kappa shape index (κ1) is 29.1. The molecule has 1 aromatic carbocycles. The predicted molar refractivity (Wildman–Crippen MR) is 127 cm³/mol. The SMILES string of the molecule is CCN(C=O)/C(CO)=N\N(C)c1cc(OC(C)C(F)(F)F)c2c(OC(COC)COC)nccc2c1. The van der Waals surface area contributed by atoms with Gasteiger partial charge < -0.3 is 24.1 Å². The first-order chi connectivity index (χ1) is 17.1. The number of nitrogens with zero attached hydrogens (tertiary/aromatic N) is 4. The van der Waals surface area contributed by atoms with Gasteiger partial charge in [0.05, 0.1) is 24.3 Å². The quantitative estimate of drug-likeness (QED) is 0.188. The standard InChI is InChI=1S/C23H31F3N4O6/c1-6-30(14-32)20(11-31)28-29(3)17-9-16-7-8-27-22(36-18(12-33-4)13-34-5)21(16)19(10-17)35-15(2)23(24,25)26/h7-10,14-15,18,31H,6,11-13H2,1-5H3/b28-20-. The second-order valence-electron chi connectivity index (χ2n) is 7.70. The molecule has 1 aromatic heterocycles. The average molecular weight is 517 g/mol. The maximum Gasteiger partial charge on any atom is 0.425 e. The van der Waals surface area contributed by atoms with Gasteiger partial charge in [0.15, 0.2) is 11.9 Å². The monoisotopic (exact) mass is 516 g/mol. The third-order valence-electron chi connectivity index (χ3n) is 5.11. The Kier molecular flexibility index (Phi) is 10.7. The molecule has 1 heterocycles. The van der Waals surface area contributed by atoms with Crippen molar-refractivity contribution in [1.29, 1.82) is 0 Å². The number of hydrogen-bond acceptors (Lipinski definition) is 9. The lowest BCUT2D eigenvalue weighted by atomic mass is 10.1. The van der Waals surface area contributed by atoms with Crippen LogP contribution in [0.1, 0.15) is 13.8 Å². The van der Waals surface area contributed by atoms with E-state index in [2.05, 4.69) is 10.1 Å². The predicted octanol–water partition coefficient (Wildman–Crippen LogP) is 2.82. The number of pyridine rings is 1. The second-order valence-corrected chi connectivity index (χ2v) is 7.70. The molecular formula is C23H31F3N4O6. The number of likely N-dealkylation sites (N-methyl/N-ethyl adjacent to an activating group) is 1. The Morgan fingerprint density at radius 3 is 2.42 bits per heavy atom. The van der Waals surface area contributed by atoms with Crippen LogP contribution in [0.15, 0.2) is 29.5 Å². The highest BCUT2D eigenvalue weighted by Crippen LogP contribution is 2.39. The summed E-state index contributed by atoms with van der Waals surface area (Å²) in [6.07, 6.45) is -5.37. The molecule has 2 rings (SSSR count). The number of aliphatic hydroxyl groups is 1. The Morgan fingerprint density at radius 2 is 1.89 bits per heavy atom. The molecule has 1 N–H and O–H groups in total. The van der Waals surface area contributed by atoms with Crippen LogP contribution in [0.4, 0.5) is 18.9 Å². The van der Waals surface area contributed by atoms with Crippen molar-refractivity contribution in [2.45, 2.75) is 32.2 Å². The summed E-state index contributed by atoms with van der Waals surface area (Å²) in [4.78, 5) is 16.7. The van der Waals surface area contributed by atoms with Gasteiger partial charge in [0.1, 0.15) is 18.5 Å². The van der Waals surface area contributed by atoms with Crippen molar-refractivity contribution in [3.8, 4) is 11.6 Å². The van der Waals surface area contributed by atoms with Crippen LogP contribution in [0.3, 0.4) is 0 Å². The number of aliphatic hydroxyl groups excluding tert-OH is 1. The highest BCUT2D eigenvalue weighted by Gasteiger charge is 2.38. The zero-order valence-corrected chi connectivity index (χ0v) is 20.8. The number of amides is 1. The number of fused-ring (bicyclic) bond motifs is 1. The zero-order chi connectivity index (χ0) is 26.9. The fourth-order valence-electron chi connectivity index (χ4n) is 3.23. The van der Waals surface area contributed by atoms with Crippen LogP contribution in [0, 0.1) is 0 Å². The largest absolute Gasteiger partial charge is 0.480 e. The Morgan fingerprint density at radius 1 is 1.22 bits per heavy atom. The number of aromatic nitrogens is 1. The number of hydrogen-bond donors (Lipinski definition) is 1. The average Bonchev–Trinajstić information content (AvgIpc) is 2.83. The Balaban J connectivity index is 2.65. The number of carbonyl (C=O) groups is 1. The van der Waals surface area contributed by atoms with E-state index in [0.717, 1.165) is 6.92 Å². The smallest absolute Gasteiger partial charge is 0.425 e. The number of benzene rings is 1. The number of alkyl halides is 3. The van der Waals surface area contributed by atoms with E-state index in [4.69, 9.17) is 18.9 Å². The van der Waals surface area contributed by atoms with Gasteiger partial charge in [0.25, 0.3) is 0 Å². The Bertz CT molecular complexity index is 1030. The second kappa shape index (κ2) is 13.2. The number of rotatable bonds is 13. The van der Waals surface area contributed by atoms with Gasteiger partial charge in [0, 0.05) is 40.1 Å². The normalized spacial score (nSPS) is 13.1. The molecule has 36 heavy (non-hydrogen) atoms. The fraction of sp³-hybridized carbons (Fsp3) is 0.522. The molecule has 13 heteroatoms. The van der Waals surface area contributed by atoms with Crippen molar-refractivity contribution in [1.82, 2.24) is 9.88 Å². The van der Waals surface area contributed by atoms with Gasteiger partial charge in [-0.1, -0.05) is 0 Å². The van der Waals surface area contributed by atoms with E-state index >= 15 is 0 Å². The lowest BCUT2D eigenvalue weighted by molar-refractivity contribution is -0.189. The molecule has 0 aliphatic rings. The fourth-order valence-corrected chi connectivity index (χ4v) is 3.23. The molecular weight excluding hydrogens is 485 g/mol. The molecule has 0 bridgehead atoms. The van der Waals surface area contributed by atoms with Crippen molar-refractivity contribution in [3.63, 3.8) is 0 Å². The van der Waals surface area contributed by atoms with Crippen LogP contribution in [-0.2, 0) is 14.3 Å². The van der Waals surface area contributed by atoms with Gasteiger partial charge in [-0.3, -0.25) is 14.7 Å². The third-order valence-corrected chi connectivity index (χ3v) is 5.11. The van der Waals surface area contributed by atoms with Crippen LogP contribution < -0.4 is 14.5 Å². The molecule has 0 aliphatic heterocycles. The summed E-state index contributed by atoms with van der Waals surface area (Å²) in [6.45, 7) is 2.65. The number of methoxy groups -OCH3 is 2. The molecule has 0 fully saturated rings. The summed E-state index contributed by atoms with van der Waals surface area (Å²) >= 11 is 0. The number of carbonyl (C=O) groups excluding carboxylic acids is 1. The van der Waals surface area contributed by atoms with E-state index < -0.39 is 25.0 Å². The highest BCUT2D eigenvalue weighted by molar-refractivity contribution is 5.96. The van der Waals surface area contributed by atoms with E-state index in [1.807, 2.05) is 0 Å². The van der Waals surface area contributed by atoms with Gasteiger partial charge in [-0.15, -0.1) is 0 Å². The molecule has 0 spiro atoms. The van der Waals surface area contributed by atoms with Crippen molar-refractivity contribution >= 4 is 28.7 Å². The summed E-state index contributed by atoms with van der Waals surface area (Å²) in [5.74, 6) is -0.0378. The van der Waals surface area contributed by atoms with Crippen LogP contribution in [0.2, 0.25) is 0 Å². The van der Waals surface area contributed by atoms with E-state index in [-0.39, 0.29) is 42.6 Å². The van der Waals surface area contributed by atoms with E-state index in [0.29, 0.717) is 17.5 Å². The molecule has 1 amide bonds. The number of ether oxygens (including phenoxy) is 4. The van der Waals surface area contributed by atoms with Gasteiger partial charge in [-0.2, -0.15) is 18.3 Å². The minimum Gasteiger partial charge on any atom is -0.480 e. The molecule has 0 radical (unpaired) electrons. The summed E-state index contributed by atoms with van der Waals surface area (Å²) < 4.78 is 61.7. The van der Waals surface area contributed by atoms with Crippen molar-refractivity contribution in [3.05, 3.63) is 24.4 Å². The minimum absolute atomic E-state index is 0.0443. The Labute approximate surface area is 207 Å². The minimum atomic E-state index is -4.63. The molecule has 0 saturated heterocycles. The van der Waals surface area contributed by atoms with Crippen LogP contribution in [0.25, 0.3) is 10.8 Å². The van der Waals surface area contributed by atoms with E-state index in [9.17, 15) is 23.1 Å². The molecule has 200 valence electrons. The third kappa shape index (κ3) is 7.42. The maximum absolute atomic E-state index is 13.4. The Hall–Kier alpha value is -3.16. The van der Waals surface area contributed by atoms with Gasteiger partial charge in [0.2, 0.25) is 12.3 Å².